The molecule has 0 aliphatic heterocycles. The van der Waals surface area contributed by atoms with Crippen LogP contribution in [0.25, 0.3) is 0 Å². The van der Waals surface area contributed by atoms with Crippen molar-refractivity contribution in [3.05, 3.63) is 52.9 Å². The Morgan fingerprint density at radius 1 is 1.12 bits per heavy atom. The fourth-order valence-electron chi connectivity index (χ4n) is 1.49. The van der Waals surface area contributed by atoms with Gasteiger partial charge in [0.25, 0.3) is 0 Å². The van der Waals surface area contributed by atoms with E-state index < -0.39 is 0 Å². The zero-order chi connectivity index (χ0) is 11.9. The summed E-state index contributed by atoms with van der Waals surface area (Å²) in [7, 11) is 0. The fraction of sp³-hybridized carbons (Fsp3) is 0.231. The summed E-state index contributed by atoms with van der Waals surface area (Å²) >= 11 is 3.28. The van der Waals surface area contributed by atoms with Crippen LogP contribution in [0.1, 0.15) is 12.0 Å². The number of hydrogen-bond donors (Lipinski definition) is 0. The van der Waals surface area contributed by atoms with Crippen LogP contribution >= 0.6 is 15.9 Å². The van der Waals surface area contributed by atoms with Gasteiger partial charge in [0.1, 0.15) is 10.9 Å². The number of hydrogen-bond acceptors (Lipinski definition) is 3. The van der Waals surface area contributed by atoms with E-state index in [4.69, 9.17) is 4.74 Å². The number of benzene rings is 1. The Labute approximate surface area is 109 Å². The van der Waals surface area contributed by atoms with Crippen LogP contribution < -0.4 is 4.74 Å². The van der Waals surface area contributed by atoms with E-state index in [9.17, 15) is 0 Å². The molecule has 2 rings (SSSR count). The van der Waals surface area contributed by atoms with Crippen LogP contribution in [-0.2, 0) is 6.42 Å². The van der Waals surface area contributed by atoms with Gasteiger partial charge in [0, 0.05) is 6.07 Å². The first kappa shape index (κ1) is 12.0. The summed E-state index contributed by atoms with van der Waals surface area (Å²) in [6.07, 6.45) is 3.48. The molecule has 0 N–H and O–H groups in total. The molecular weight excluding hydrogens is 280 g/mol. The number of aryl methyl sites for hydroxylation is 1. The molecule has 0 aliphatic rings. The van der Waals surface area contributed by atoms with Gasteiger partial charge in [0.05, 0.1) is 6.61 Å². The lowest BCUT2D eigenvalue weighted by Crippen LogP contribution is -2.01. The highest BCUT2D eigenvalue weighted by Gasteiger charge is 1.97. The predicted molar refractivity (Wildman–Crippen MR) is 70.0 cm³/mol. The summed E-state index contributed by atoms with van der Waals surface area (Å²) in [5.41, 5.74) is 1.33. The van der Waals surface area contributed by atoms with Gasteiger partial charge < -0.3 is 4.74 Å². The summed E-state index contributed by atoms with van der Waals surface area (Å²) in [6, 6.07) is 12.2. The molecule has 0 spiro atoms. The number of aromatic nitrogens is 2. The molecular formula is C13H13BrN2O. The summed E-state index contributed by atoms with van der Waals surface area (Å²) in [5, 5.41) is 0. The second-order valence-corrected chi connectivity index (χ2v) is 4.43. The summed E-state index contributed by atoms with van der Waals surface area (Å²) in [4.78, 5) is 7.96. The van der Waals surface area contributed by atoms with Crippen LogP contribution in [0.3, 0.4) is 0 Å². The van der Waals surface area contributed by atoms with Crippen molar-refractivity contribution in [2.24, 2.45) is 0 Å². The Morgan fingerprint density at radius 2 is 1.94 bits per heavy atom. The maximum absolute atomic E-state index is 5.53. The molecule has 1 aromatic heterocycles. The van der Waals surface area contributed by atoms with E-state index in [-0.39, 0.29) is 0 Å². The summed E-state index contributed by atoms with van der Waals surface area (Å²) in [6.45, 7) is 0.665. The first-order chi connectivity index (χ1) is 8.34. The molecule has 0 unspecified atom stereocenters. The van der Waals surface area contributed by atoms with E-state index in [1.54, 1.807) is 6.07 Å². The molecule has 0 bridgehead atoms. The van der Waals surface area contributed by atoms with Crippen LogP contribution in [0.5, 0.6) is 5.88 Å². The number of ether oxygens (including phenoxy) is 1. The quantitative estimate of drug-likeness (QED) is 0.627. The van der Waals surface area contributed by atoms with Gasteiger partial charge in [-0.2, -0.15) is 0 Å². The Kier molecular flexibility index (Phi) is 4.50. The fourth-order valence-corrected chi connectivity index (χ4v) is 1.78. The summed E-state index contributed by atoms with van der Waals surface area (Å²) < 4.78 is 6.27. The lowest BCUT2D eigenvalue weighted by Gasteiger charge is -2.05. The molecule has 3 nitrogen and oxygen atoms in total. The van der Waals surface area contributed by atoms with Crippen molar-refractivity contribution in [2.75, 3.05) is 6.61 Å². The van der Waals surface area contributed by atoms with Crippen LogP contribution in [0, 0.1) is 0 Å². The molecule has 0 saturated heterocycles. The van der Waals surface area contributed by atoms with Crippen molar-refractivity contribution >= 4 is 15.9 Å². The molecule has 1 heterocycles. The van der Waals surface area contributed by atoms with Crippen molar-refractivity contribution in [1.29, 1.82) is 0 Å². The monoisotopic (exact) mass is 292 g/mol. The minimum Gasteiger partial charge on any atom is -0.478 e. The van der Waals surface area contributed by atoms with Gasteiger partial charge in [-0.1, -0.05) is 30.3 Å². The van der Waals surface area contributed by atoms with Crippen LogP contribution in [0.15, 0.2) is 47.3 Å². The van der Waals surface area contributed by atoms with E-state index >= 15 is 0 Å². The Hall–Kier alpha value is -1.42. The average molecular weight is 293 g/mol. The topological polar surface area (TPSA) is 35.0 Å². The first-order valence-electron chi connectivity index (χ1n) is 5.49. The normalized spacial score (nSPS) is 10.2. The maximum atomic E-state index is 5.53. The van der Waals surface area contributed by atoms with Crippen LogP contribution in [0.4, 0.5) is 0 Å². The highest BCUT2D eigenvalue weighted by molar-refractivity contribution is 9.10. The van der Waals surface area contributed by atoms with Crippen molar-refractivity contribution < 1.29 is 4.74 Å². The summed E-state index contributed by atoms with van der Waals surface area (Å²) in [5.74, 6) is 0.611. The van der Waals surface area contributed by atoms with Crippen LogP contribution in [0.2, 0.25) is 0 Å². The van der Waals surface area contributed by atoms with Gasteiger partial charge in [-0.25, -0.2) is 9.97 Å². The highest BCUT2D eigenvalue weighted by Crippen LogP contribution is 2.12. The smallest absolute Gasteiger partial charge is 0.217 e. The SMILES string of the molecule is Brc1cc(OCCCc2ccccc2)ncn1. The van der Waals surface area contributed by atoms with Crippen molar-refractivity contribution in [3.8, 4) is 5.88 Å². The second kappa shape index (κ2) is 6.35. The van der Waals surface area contributed by atoms with Gasteiger partial charge in [0.2, 0.25) is 5.88 Å². The van der Waals surface area contributed by atoms with Gasteiger partial charge in [-0.15, -0.1) is 0 Å². The average Bonchev–Trinajstić information content (AvgIpc) is 2.36. The highest BCUT2D eigenvalue weighted by atomic mass is 79.9. The van der Waals surface area contributed by atoms with Crippen molar-refractivity contribution in [1.82, 2.24) is 9.97 Å². The van der Waals surface area contributed by atoms with Crippen molar-refractivity contribution in [2.45, 2.75) is 12.8 Å². The molecule has 0 radical (unpaired) electrons. The predicted octanol–water partition coefficient (Wildman–Crippen LogP) is 3.25. The molecule has 0 saturated carbocycles. The van der Waals surface area contributed by atoms with Gasteiger partial charge in [0.15, 0.2) is 0 Å². The Balaban J connectivity index is 1.73. The molecule has 2 aromatic rings. The largest absolute Gasteiger partial charge is 0.478 e. The minimum atomic E-state index is 0.611. The molecule has 1 aromatic carbocycles. The maximum Gasteiger partial charge on any atom is 0.217 e. The molecule has 4 heteroatoms. The first-order valence-corrected chi connectivity index (χ1v) is 6.28. The Bertz CT molecular complexity index is 462. The molecule has 88 valence electrons. The van der Waals surface area contributed by atoms with E-state index in [1.165, 1.54) is 11.9 Å². The minimum absolute atomic E-state index is 0.611. The molecule has 17 heavy (non-hydrogen) atoms. The zero-order valence-electron chi connectivity index (χ0n) is 9.34. The lowest BCUT2D eigenvalue weighted by molar-refractivity contribution is 0.298. The van der Waals surface area contributed by atoms with E-state index in [1.807, 2.05) is 6.07 Å². The van der Waals surface area contributed by atoms with Gasteiger partial charge in [-0.05, 0) is 34.3 Å². The molecule has 0 aliphatic carbocycles. The molecule has 0 amide bonds. The van der Waals surface area contributed by atoms with E-state index in [0.717, 1.165) is 17.4 Å². The third-order valence-electron chi connectivity index (χ3n) is 2.31. The zero-order valence-corrected chi connectivity index (χ0v) is 10.9. The van der Waals surface area contributed by atoms with E-state index in [0.29, 0.717) is 12.5 Å². The number of halogens is 1. The third-order valence-corrected chi connectivity index (χ3v) is 2.74. The number of nitrogens with zero attached hydrogens (tertiary/aromatic N) is 2. The van der Waals surface area contributed by atoms with E-state index in [2.05, 4.69) is 50.2 Å². The lowest BCUT2D eigenvalue weighted by atomic mass is 10.1. The van der Waals surface area contributed by atoms with Crippen molar-refractivity contribution in [3.63, 3.8) is 0 Å². The second-order valence-electron chi connectivity index (χ2n) is 3.62. The van der Waals surface area contributed by atoms with Gasteiger partial charge >= 0.3 is 0 Å². The van der Waals surface area contributed by atoms with Crippen LogP contribution in [-0.4, -0.2) is 16.6 Å². The third kappa shape index (κ3) is 4.15. The Morgan fingerprint density at radius 3 is 2.71 bits per heavy atom. The molecule has 0 fully saturated rings. The number of rotatable bonds is 5. The standard InChI is InChI=1S/C13H13BrN2O/c14-12-9-13(16-10-15-12)17-8-4-7-11-5-2-1-3-6-11/h1-3,5-6,9-10H,4,7-8H2. The molecule has 0 atom stereocenters. The van der Waals surface area contributed by atoms with Gasteiger partial charge in [-0.3, -0.25) is 0 Å².